The molecular formula is C23H19ClN2O3. The van der Waals surface area contributed by atoms with Gasteiger partial charge in [-0.05, 0) is 42.0 Å². The third-order valence-corrected chi connectivity index (χ3v) is 5.18. The van der Waals surface area contributed by atoms with Gasteiger partial charge in [0.15, 0.2) is 5.43 Å². The summed E-state index contributed by atoms with van der Waals surface area (Å²) >= 11 is 5.86. The van der Waals surface area contributed by atoms with Gasteiger partial charge in [-0.25, -0.2) is 0 Å². The van der Waals surface area contributed by atoms with Crippen LogP contribution >= 0.6 is 11.6 Å². The van der Waals surface area contributed by atoms with Gasteiger partial charge in [0.25, 0.3) is 0 Å². The maximum Gasteiger partial charge on any atom is 0.240 e. The number of aliphatic hydroxyl groups is 1. The molecule has 2 N–H and O–H groups in total. The number of aromatic nitrogens is 1. The molecule has 0 bridgehead atoms. The minimum absolute atomic E-state index is 0.0364. The average Bonchev–Trinajstić information content (AvgIpc) is 2.75. The van der Waals surface area contributed by atoms with Crippen LogP contribution in [0.25, 0.3) is 21.8 Å². The van der Waals surface area contributed by atoms with Crippen molar-refractivity contribution in [2.45, 2.75) is 12.6 Å². The molecule has 4 aromatic rings. The standard InChI is InChI=1S/C23H19ClN2O3/c24-16-11-9-15(10-12-16)21(27)13-25-22(28)14-26-19-7-3-1-5-17(19)23(29)18-6-2-4-8-20(18)26/h1-12,21,27H,13-14H2,(H,25,28). The number of amides is 1. The van der Waals surface area contributed by atoms with E-state index in [0.29, 0.717) is 32.4 Å². The predicted octanol–water partition coefficient (Wildman–Crippen LogP) is 3.66. The molecule has 1 heterocycles. The Morgan fingerprint density at radius 1 is 0.931 bits per heavy atom. The zero-order chi connectivity index (χ0) is 20.4. The minimum atomic E-state index is -0.835. The molecule has 1 amide bonds. The summed E-state index contributed by atoms with van der Waals surface area (Å²) in [5.41, 5.74) is 2.02. The van der Waals surface area contributed by atoms with Crippen molar-refractivity contribution in [3.8, 4) is 0 Å². The summed E-state index contributed by atoms with van der Waals surface area (Å²) in [6.07, 6.45) is -0.835. The van der Waals surface area contributed by atoms with Gasteiger partial charge in [0.05, 0.1) is 17.1 Å². The number of benzene rings is 3. The average molecular weight is 407 g/mol. The topological polar surface area (TPSA) is 71.3 Å². The van der Waals surface area contributed by atoms with E-state index in [0.717, 1.165) is 0 Å². The second-order valence-electron chi connectivity index (χ2n) is 6.82. The first kappa shape index (κ1) is 19.2. The summed E-state index contributed by atoms with van der Waals surface area (Å²) in [7, 11) is 0. The number of rotatable bonds is 5. The maximum atomic E-state index is 12.8. The second kappa shape index (κ2) is 8.07. The van der Waals surface area contributed by atoms with E-state index in [1.54, 1.807) is 36.4 Å². The molecule has 29 heavy (non-hydrogen) atoms. The van der Waals surface area contributed by atoms with Gasteiger partial charge in [0, 0.05) is 22.3 Å². The van der Waals surface area contributed by atoms with E-state index >= 15 is 0 Å². The number of halogens is 1. The first-order valence-corrected chi connectivity index (χ1v) is 9.63. The third kappa shape index (κ3) is 3.88. The molecule has 1 atom stereocenters. The van der Waals surface area contributed by atoms with Crippen LogP contribution < -0.4 is 10.7 Å². The monoisotopic (exact) mass is 406 g/mol. The van der Waals surface area contributed by atoms with E-state index in [9.17, 15) is 14.7 Å². The molecule has 0 aliphatic heterocycles. The molecule has 4 rings (SSSR count). The number of fused-ring (bicyclic) bond motifs is 2. The fourth-order valence-corrected chi connectivity index (χ4v) is 3.59. The van der Waals surface area contributed by atoms with E-state index in [4.69, 9.17) is 11.6 Å². The number of para-hydroxylation sites is 2. The van der Waals surface area contributed by atoms with E-state index in [2.05, 4.69) is 5.32 Å². The van der Waals surface area contributed by atoms with Crippen molar-refractivity contribution in [1.29, 1.82) is 0 Å². The summed E-state index contributed by atoms with van der Waals surface area (Å²) in [4.78, 5) is 25.4. The largest absolute Gasteiger partial charge is 0.387 e. The maximum absolute atomic E-state index is 12.8. The number of nitrogens with one attached hydrogen (secondary N) is 1. The van der Waals surface area contributed by atoms with Gasteiger partial charge in [-0.1, -0.05) is 48.0 Å². The summed E-state index contributed by atoms with van der Waals surface area (Å²) in [6.45, 7) is 0.116. The quantitative estimate of drug-likeness (QED) is 0.497. The van der Waals surface area contributed by atoms with Gasteiger partial charge in [0.1, 0.15) is 6.54 Å². The number of hydrogen-bond donors (Lipinski definition) is 2. The number of aliphatic hydroxyl groups excluding tert-OH is 1. The molecule has 1 aromatic heterocycles. The molecule has 5 nitrogen and oxygen atoms in total. The van der Waals surface area contributed by atoms with Crippen LogP contribution in [0.5, 0.6) is 0 Å². The Kier molecular flexibility index (Phi) is 5.34. The van der Waals surface area contributed by atoms with E-state index in [-0.39, 0.29) is 24.4 Å². The highest BCUT2D eigenvalue weighted by atomic mass is 35.5. The Morgan fingerprint density at radius 3 is 2.07 bits per heavy atom. The van der Waals surface area contributed by atoms with E-state index < -0.39 is 6.10 Å². The van der Waals surface area contributed by atoms with Crippen LogP contribution in [0.15, 0.2) is 77.6 Å². The Hall–Kier alpha value is -3.15. The molecule has 0 aliphatic carbocycles. The zero-order valence-corrected chi connectivity index (χ0v) is 16.3. The van der Waals surface area contributed by atoms with Crippen LogP contribution in [-0.2, 0) is 11.3 Å². The Bertz CT molecular complexity index is 1190. The summed E-state index contributed by atoms with van der Waals surface area (Å²) < 4.78 is 1.83. The van der Waals surface area contributed by atoms with Crippen molar-refractivity contribution in [3.63, 3.8) is 0 Å². The van der Waals surface area contributed by atoms with Gasteiger partial charge < -0.3 is 15.0 Å². The van der Waals surface area contributed by atoms with Gasteiger partial charge >= 0.3 is 0 Å². The minimum Gasteiger partial charge on any atom is -0.387 e. The van der Waals surface area contributed by atoms with Crippen molar-refractivity contribution in [3.05, 3.63) is 93.6 Å². The van der Waals surface area contributed by atoms with Gasteiger partial charge in [0.2, 0.25) is 5.91 Å². The van der Waals surface area contributed by atoms with Crippen LogP contribution in [0.2, 0.25) is 5.02 Å². The first-order chi connectivity index (χ1) is 14.0. The number of hydrogen-bond acceptors (Lipinski definition) is 3. The van der Waals surface area contributed by atoms with Crippen LogP contribution in [0, 0.1) is 0 Å². The number of nitrogens with zero attached hydrogens (tertiary/aromatic N) is 1. The molecule has 0 saturated carbocycles. The predicted molar refractivity (Wildman–Crippen MR) is 115 cm³/mol. The van der Waals surface area contributed by atoms with Crippen molar-refractivity contribution < 1.29 is 9.90 Å². The summed E-state index contributed by atoms with van der Waals surface area (Å²) in [6, 6.07) is 21.3. The van der Waals surface area contributed by atoms with Crippen LogP contribution in [0.1, 0.15) is 11.7 Å². The van der Waals surface area contributed by atoms with E-state index in [1.807, 2.05) is 41.0 Å². The van der Waals surface area contributed by atoms with Crippen molar-refractivity contribution in [2.75, 3.05) is 6.54 Å². The van der Waals surface area contributed by atoms with Gasteiger partial charge in [-0.2, -0.15) is 0 Å². The number of carbonyl (C=O) groups excluding carboxylic acids is 1. The zero-order valence-electron chi connectivity index (χ0n) is 15.5. The lowest BCUT2D eigenvalue weighted by Crippen LogP contribution is -2.32. The number of carbonyl (C=O) groups is 1. The van der Waals surface area contributed by atoms with E-state index in [1.165, 1.54) is 0 Å². The molecule has 0 spiro atoms. The second-order valence-corrected chi connectivity index (χ2v) is 7.26. The molecule has 0 saturated heterocycles. The fraction of sp³-hybridized carbons (Fsp3) is 0.130. The van der Waals surface area contributed by atoms with Crippen molar-refractivity contribution in [2.24, 2.45) is 0 Å². The Labute approximate surface area is 172 Å². The summed E-state index contributed by atoms with van der Waals surface area (Å²) in [5.74, 6) is -0.253. The van der Waals surface area contributed by atoms with Crippen LogP contribution in [0.4, 0.5) is 0 Å². The fourth-order valence-electron chi connectivity index (χ4n) is 3.46. The molecule has 1 unspecified atom stereocenters. The highest BCUT2D eigenvalue weighted by Gasteiger charge is 2.14. The smallest absolute Gasteiger partial charge is 0.240 e. The van der Waals surface area contributed by atoms with Crippen LogP contribution in [0.3, 0.4) is 0 Å². The number of pyridine rings is 1. The molecule has 0 radical (unpaired) electrons. The molecule has 0 fully saturated rings. The Balaban J connectivity index is 1.60. The first-order valence-electron chi connectivity index (χ1n) is 9.25. The van der Waals surface area contributed by atoms with Crippen LogP contribution in [-0.4, -0.2) is 22.1 Å². The molecule has 6 heteroatoms. The van der Waals surface area contributed by atoms with Gasteiger partial charge in [-0.3, -0.25) is 9.59 Å². The molecule has 146 valence electrons. The van der Waals surface area contributed by atoms with Crippen molar-refractivity contribution in [1.82, 2.24) is 9.88 Å². The Morgan fingerprint density at radius 2 is 1.48 bits per heavy atom. The lowest BCUT2D eigenvalue weighted by molar-refractivity contribution is -0.122. The third-order valence-electron chi connectivity index (χ3n) is 4.93. The molecule has 3 aromatic carbocycles. The summed E-state index contributed by atoms with van der Waals surface area (Å²) in [5, 5.41) is 14.8. The van der Waals surface area contributed by atoms with Crippen molar-refractivity contribution >= 4 is 39.3 Å². The van der Waals surface area contributed by atoms with Gasteiger partial charge in [-0.15, -0.1) is 0 Å². The SMILES string of the molecule is O=C(Cn1c2ccccc2c(=O)c2ccccc21)NCC(O)c1ccc(Cl)cc1. The lowest BCUT2D eigenvalue weighted by atomic mass is 10.1. The molecule has 0 aliphatic rings. The molecular weight excluding hydrogens is 388 g/mol. The highest BCUT2D eigenvalue weighted by Crippen LogP contribution is 2.19. The highest BCUT2D eigenvalue weighted by molar-refractivity contribution is 6.30. The normalized spacial score (nSPS) is 12.2. The lowest BCUT2D eigenvalue weighted by Gasteiger charge is -2.16.